The lowest BCUT2D eigenvalue weighted by atomic mass is 9.66. The highest BCUT2D eigenvalue weighted by Crippen LogP contribution is 2.41. The molecule has 4 heteroatoms. The maximum atomic E-state index is 11.9. The van der Waals surface area contributed by atoms with Gasteiger partial charge in [0.05, 0.1) is 0 Å². The Bertz CT molecular complexity index is 591. The molecule has 1 atom stereocenters. The SMILES string of the molecule is CC1CCCCc2c(C(N)=O)ccc(C(N)=O)c2C1(C)C. The van der Waals surface area contributed by atoms with Crippen LogP contribution in [0.4, 0.5) is 0 Å². The third-order valence-electron chi connectivity index (χ3n) is 5.03. The van der Waals surface area contributed by atoms with Gasteiger partial charge in [0.25, 0.3) is 0 Å². The summed E-state index contributed by atoms with van der Waals surface area (Å²) in [6, 6.07) is 3.29. The van der Waals surface area contributed by atoms with E-state index >= 15 is 0 Å². The predicted molar refractivity (Wildman–Crippen MR) is 83.2 cm³/mol. The molecule has 21 heavy (non-hydrogen) atoms. The Hall–Kier alpha value is -1.84. The van der Waals surface area contributed by atoms with Crippen LogP contribution in [-0.2, 0) is 11.8 Å². The van der Waals surface area contributed by atoms with Gasteiger partial charge >= 0.3 is 0 Å². The van der Waals surface area contributed by atoms with Crippen molar-refractivity contribution in [1.29, 1.82) is 0 Å². The first-order valence-electron chi connectivity index (χ1n) is 7.52. The Balaban J connectivity index is 2.81. The van der Waals surface area contributed by atoms with E-state index in [1.54, 1.807) is 12.1 Å². The Morgan fingerprint density at radius 2 is 1.67 bits per heavy atom. The molecular weight excluding hydrogens is 264 g/mol. The highest BCUT2D eigenvalue weighted by molar-refractivity contribution is 5.99. The van der Waals surface area contributed by atoms with E-state index in [0.717, 1.165) is 36.8 Å². The van der Waals surface area contributed by atoms with Gasteiger partial charge in [-0.25, -0.2) is 0 Å². The molecule has 0 saturated heterocycles. The first-order valence-corrected chi connectivity index (χ1v) is 7.52. The van der Waals surface area contributed by atoms with Crippen molar-refractivity contribution >= 4 is 11.8 Å². The molecular formula is C17H24N2O2. The summed E-state index contributed by atoms with van der Waals surface area (Å²) in [6.07, 6.45) is 3.98. The number of carbonyl (C=O) groups excluding carboxylic acids is 2. The zero-order chi connectivity index (χ0) is 15.8. The van der Waals surface area contributed by atoms with Gasteiger partial charge in [0.15, 0.2) is 0 Å². The lowest BCUT2D eigenvalue weighted by Gasteiger charge is -2.38. The molecule has 1 aromatic rings. The molecule has 2 amide bonds. The van der Waals surface area contributed by atoms with Gasteiger partial charge in [-0.2, -0.15) is 0 Å². The molecule has 0 heterocycles. The molecule has 1 aromatic carbocycles. The van der Waals surface area contributed by atoms with Gasteiger partial charge in [-0.15, -0.1) is 0 Å². The zero-order valence-corrected chi connectivity index (χ0v) is 13.0. The van der Waals surface area contributed by atoms with E-state index in [4.69, 9.17) is 11.5 Å². The molecule has 0 aromatic heterocycles. The quantitative estimate of drug-likeness (QED) is 0.876. The van der Waals surface area contributed by atoms with Crippen LogP contribution in [0.25, 0.3) is 0 Å². The molecule has 0 spiro atoms. The Morgan fingerprint density at radius 3 is 2.24 bits per heavy atom. The lowest BCUT2D eigenvalue weighted by Crippen LogP contribution is -2.34. The summed E-state index contributed by atoms with van der Waals surface area (Å²) in [5.74, 6) is -0.479. The maximum Gasteiger partial charge on any atom is 0.249 e. The number of hydrogen-bond donors (Lipinski definition) is 2. The number of benzene rings is 1. The zero-order valence-electron chi connectivity index (χ0n) is 13.0. The molecule has 0 bridgehead atoms. The largest absolute Gasteiger partial charge is 0.366 e. The topological polar surface area (TPSA) is 86.2 Å². The summed E-state index contributed by atoms with van der Waals surface area (Å²) < 4.78 is 0. The van der Waals surface area contributed by atoms with E-state index in [1.807, 2.05) is 0 Å². The molecule has 4 N–H and O–H groups in total. The summed E-state index contributed by atoms with van der Waals surface area (Å²) in [5.41, 5.74) is 13.7. The van der Waals surface area contributed by atoms with Crippen LogP contribution in [0.5, 0.6) is 0 Å². The first-order chi connectivity index (χ1) is 9.76. The van der Waals surface area contributed by atoms with Crippen molar-refractivity contribution in [1.82, 2.24) is 0 Å². The van der Waals surface area contributed by atoms with Crippen LogP contribution in [-0.4, -0.2) is 11.8 Å². The maximum absolute atomic E-state index is 11.9. The molecule has 1 aliphatic carbocycles. The average Bonchev–Trinajstić information content (AvgIpc) is 2.40. The number of rotatable bonds is 2. The lowest BCUT2D eigenvalue weighted by molar-refractivity contribution is 0.0984. The number of nitrogens with two attached hydrogens (primary N) is 2. The van der Waals surface area contributed by atoms with Crippen LogP contribution in [0.3, 0.4) is 0 Å². The Morgan fingerprint density at radius 1 is 1.10 bits per heavy atom. The molecule has 0 aliphatic heterocycles. The van der Waals surface area contributed by atoms with Gasteiger partial charge < -0.3 is 11.5 Å². The minimum absolute atomic E-state index is 0.217. The normalized spacial score (nSPS) is 21.0. The van der Waals surface area contributed by atoms with Gasteiger partial charge in [-0.3, -0.25) is 9.59 Å². The van der Waals surface area contributed by atoms with Crippen LogP contribution in [0.15, 0.2) is 12.1 Å². The molecule has 2 rings (SSSR count). The monoisotopic (exact) mass is 288 g/mol. The van der Waals surface area contributed by atoms with Crippen molar-refractivity contribution in [2.75, 3.05) is 0 Å². The van der Waals surface area contributed by atoms with Crippen LogP contribution >= 0.6 is 0 Å². The van der Waals surface area contributed by atoms with Crippen LogP contribution in [0, 0.1) is 5.92 Å². The molecule has 0 saturated carbocycles. The Kier molecular flexibility index (Phi) is 4.08. The van der Waals surface area contributed by atoms with E-state index in [1.165, 1.54) is 0 Å². The average molecular weight is 288 g/mol. The number of fused-ring (bicyclic) bond motifs is 1. The molecule has 114 valence electrons. The van der Waals surface area contributed by atoms with Crippen molar-refractivity contribution in [3.05, 3.63) is 34.4 Å². The van der Waals surface area contributed by atoms with Crippen molar-refractivity contribution in [2.24, 2.45) is 17.4 Å². The fourth-order valence-corrected chi connectivity index (χ4v) is 3.44. The molecule has 0 radical (unpaired) electrons. The standard InChI is InChI=1S/C17H24N2O2/c1-10-6-4-5-7-11-12(15(18)20)8-9-13(16(19)21)14(11)17(10,2)3/h8-10H,4-7H2,1-3H3,(H2,18,20)(H2,19,21). The third kappa shape index (κ3) is 2.67. The molecule has 4 nitrogen and oxygen atoms in total. The number of carbonyl (C=O) groups is 2. The summed E-state index contributed by atoms with van der Waals surface area (Å²) >= 11 is 0. The second-order valence-corrected chi connectivity index (χ2v) is 6.61. The highest BCUT2D eigenvalue weighted by Gasteiger charge is 2.35. The number of hydrogen-bond acceptors (Lipinski definition) is 2. The van der Waals surface area contributed by atoms with Crippen LogP contribution < -0.4 is 11.5 Å². The summed E-state index contributed by atoms with van der Waals surface area (Å²) in [6.45, 7) is 6.44. The second-order valence-electron chi connectivity index (χ2n) is 6.61. The first kappa shape index (κ1) is 15.5. The van der Waals surface area contributed by atoms with E-state index < -0.39 is 11.8 Å². The minimum Gasteiger partial charge on any atom is -0.366 e. The summed E-state index contributed by atoms with van der Waals surface area (Å²) in [5, 5.41) is 0. The summed E-state index contributed by atoms with van der Waals surface area (Å²) in [4.78, 5) is 23.6. The second kappa shape index (κ2) is 5.51. The molecule has 0 fully saturated rings. The van der Waals surface area contributed by atoms with Crippen molar-refractivity contribution in [3.63, 3.8) is 0 Å². The fraction of sp³-hybridized carbons (Fsp3) is 0.529. The van der Waals surface area contributed by atoms with Crippen molar-refractivity contribution < 1.29 is 9.59 Å². The van der Waals surface area contributed by atoms with Crippen LogP contribution in [0.2, 0.25) is 0 Å². The van der Waals surface area contributed by atoms with Crippen molar-refractivity contribution in [2.45, 2.75) is 51.9 Å². The molecule has 1 unspecified atom stereocenters. The van der Waals surface area contributed by atoms with Gasteiger partial charge in [0.2, 0.25) is 11.8 Å². The molecule has 1 aliphatic rings. The summed E-state index contributed by atoms with van der Waals surface area (Å²) in [7, 11) is 0. The van der Waals surface area contributed by atoms with Gasteiger partial charge in [0.1, 0.15) is 0 Å². The fourth-order valence-electron chi connectivity index (χ4n) is 3.44. The Labute approximate surface area is 125 Å². The number of amides is 2. The number of primary amides is 2. The van der Waals surface area contributed by atoms with E-state index in [2.05, 4.69) is 20.8 Å². The van der Waals surface area contributed by atoms with Gasteiger partial charge in [-0.1, -0.05) is 27.2 Å². The van der Waals surface area contributed by atoms with E-state index in [-0.39, 0.29) is 5.41 Å². The van der Waals surface area contributed by atoms with E-state index in [0.29, 0.717) is 17.0 Å². The smallest absolute Gasteiger partial charge is 0.249 e. The highest BCUT2D eigenvalue weighted by atomic mass is 16.1. The third-order valence-corrected chi connectivity index (χ3v) is 5.03. The van der Waals surface area contributed by atoms with Crippen molar-refractivity contribution in [3.8, 4) is 0 Å². The minimum atomic E-state index is -0.442. The van der Waals surface area contributed by atoms with Gasteiger partial charge in [-0.05, 0) is 53.9 Å². The van der Waals surface area contributed by atoms with Gasteiger partial charge in [0, 0.05) is 11.1 Å². The van der Waals surface area contributed by atoms with Crippen LogP contribution in [0.1, 0.15) is 71.9 Å². The predicted octanol–water partition coefficient (Wildman–Crippen LogP) is 2.52. The van der Waals surface area contributed by atoms with E-state index in [9.17, 15) is 9.59 Å².